The van der Waals surface area contributed by atoms with Crippen molar-refractivity contribution in [3.8, 4) is 0 Å². The van der Waals surface area contributed by atoms with E-state index >= 15 is 0 Å². The first-order valence-electron chi connectivity index (χ1n) is 4.18. The molecule has 1 aromatic rings. The highest BCUT2D eigenvalue weighted by molar-refractivity contribution is 8.01. The molecule has 0 aliphatic heterocycles. The van der Waals surface area contributed by atoms with Crippen LogP contribution in [0.15, 0.2) is 4.34 Å². The summed E-state index contributed by atoms with van der Waals surface area (Å²) in [4.78, 5) is 11.3. The summed E-state index contributed by atoms with van der Waals surface area (Å²) in [6.45, 7) is 3.48. The van der Waals surface area contributed by atoms with Crippen molar-refractivity contribution in [3.63, 3.8) is 0 Å². The van der Waals surface area contributed by atoms with Crippen LogP contribution in [0.1, 0.15) is 23.6 Å². The highest BCUT2D eigenvalue weighted by Gasteiger charge is 2.32. The highest BCUT2D eigenvalue weighted by atomic mass is 32.2. The van der Waals surface area contributed by atoms with Crippen LogP contribution in [0.2, 0.25) is 0 Å². The van der Waals surface area contributed by atoms with Gasteiger partial charge in [0.2, 0.25) is 5.01 Å². The number of amides is 1. The van der Waals surface area contributed by atoms with Crippen molar-refractivity contribution in [2.24, 2.45) is 0 Å². The van der Waals surface area contributed by atoms with Gasteiger partial charge in [-0.15, -0.1) is 10.2 Å². The smallest absolute Gasteiger partial charge is 0.348 e. The number of thioether (sulfide) groups is 1. The average molecular weight is 271 g/mol. The molecule has 16 heavy (non-hydrogen) atoms. The molecule has 1 heterocycles. The molecule has 4 nitrogen and oxygen atoms in total. The number of aromatic nitrogens is 2. The second kappa shape index (κ2) is 5.00. The maximum absolute atomic E-state index is 12.0. The number of nitrogens with zero attached hydrogens (tertiary/aromatic N) is 2. The Morgan fingerprint density at radius 1 is 1.44 bits per heavy atom. The van der Waals surface area contributed by atoms with Crippen LogP contribution in [-0.4, -0.2) is 27.7 Å². The van der Waals surface area contributed by atoms with Crippen LogP contribution in [0.25, 0.3) is 0 Å². The van der Waals surface area contributed by atoms with Crippen molar-refractivity contribution in [3.05, 3.63) is 5.01 Å². The summed E-state index contributed by atoms with van der Waals surface area (Å²) >= 11 is 0.241. The lowest BCUT2D eigenvalue weighted by Gasteiger charge is -2.04. The van der Waals surface area contributed by atoms with Crippen LogP contribution < -0.4 is 5.32 Å². The number of carbonyl (C=O) groups excluding carboxylic acids is 1. The van der Waals surface area contributed by atoms with Crippen LogP contribution in [0.3, 0.4) is 0 Å². The third-order valence-corrected chi connectivity index (χ3v) is 2.93. The van der Waals surface area contributed by atoms with Crippen molar-refractivity contribution in [2.75, 3.05) is 0 Å². The minimum absolute atomic E-state index is 0.0690. The van der Waals surface area contributed by atoms with Gasteiger partial charge in [-0.25, -0.2) is 0 Å². The van der Waals surface area contributed by atoms with Crippen LogP contribution in [0.5, 0.6) is 0 Å². The summed E-state index contributed by atoms with van der Waals surface area (Å²) in [6.07, 6.45) is 0. The monoisotopic (exact) mass is 271 g/mol. The number of nitrogens with one attached hydrogen (secondary N) is 1. The van der Waals surface area contributed by atoms with Gasteiger partial charge in [0.15, 0.2) is 4.34 Å². The summed E-state index contributed by atoms with van der Waals surface area (Å²) in [7, 11) is 0. The Bertz CT molecular complexity index is 377. The second-order valence-electron chi connectivity index (χ2n) is 3.05. The Labute approximate surface area is 97.6 Å². The Morgan fingerprint density at radius 3 is 2.56 bits per heavy atom. The van der Waals surface area contributed by atoms with Crippen LogP contribution in [0, 0.1) is 0 Å². The molecule has 90 valence electrons. The first-order valence-corrected chi connectivity index (χ1v) is 5.81. The summed E-state index contributed by atoms with van der Waals surface area (Å²) in [5.74, 6) is -0.512. The molecular weight excluding hydrogens is 263 g/mol. The van der Waals surface area contributed by atoms with Gasteiger partial charge in [0.05, 0.1) is 0 Å². The van der Waals surface area contributed by atoms with Gasteiger partial charge in [-0.05, 0) is 13.8 Å². The molecule has 9 heteroatoms. The van der Waals surface area contributed by atoms with Gasteiger partial charge in [-0.2, -0.15) is 13.2 Å². The topological polar surface area (TPSA) is 54.9 Å². The van der Waals surface area contributed by atoms with Crippen LogP contribution in [0.4, 0.5) is 13.2 Å². The van der Waals surface area contributed by atoms with Crippen molar-refractivity contribution in [1.29, 1.82) is 0 Å². The zero-order chi connectivity index (χ0) is 12.3. The minimum atomic E-state index is -4.41. The molecule has 0 saturated heterocycles. The van der Waals surface area contributed by atoms with Gasteiger partial charge in [-0.3, -0.25) is 4.79 Å². The maximum Gasteiger partial charge on any atom is 0.448 e. The third kappa shape index (κ3) is 4.35. The van der Waals surface area contributed by atoms with Crippen molar-refractivity contribution in [2.45, 2.75) is 29.7 Å². The molecular formula is C7H8F3N3OS2. The van der Waals surface area contributed by atoms with Crippen molar-refractivity contribution < 1.29 is 18.0 Å². The highest BCUT2D eigenvalue weighted by Crippen LogP contribution is 2.38. The summed E-state index contributed by atoms with van der Waals surface area (Å²) in [5, 5.41) is 9.11. The molecule has 0 unspecified atom stereocenters. The molecule has 0 aromatic carbocycles. The Kier molecular flexibility index (Phi) is 4.14. The Hall–Kier alpha value is -0.830. The SMILES string of the molecule is CC(C)NC(=O)c1nnc(SC(F)(F)F)s1. The van der Waals surface area contributed by atoms with E-state index in [-0.39, 0.29) is 27.2 Å². The van der Waals surface area contributed by atoms with Crippen LogP contribution >= 0.6 is 23.1 Å². The molecule has 1 rings (SSSR count). The van der Waals surface area contributed by atoms with Gasteiger partial charge >= 0.3 is 5.51 Å². The second-order valence-corrected chi connectivity index (χ2v) is 5.34. The quantitative estimate of drug-likeness (QED) is 0.857. The van der Waals surface area contributed by atoms with E-state index in [0.29, 0.717) is 11.3 Å². The third-order valence-electron chi connectivity index (χ3n) is 1.22. The lowest BCUT2D eigenvalue weighted by atomic mass is 10.4. The fourth-order valence-electron chi connectivity index (χ4n) is 0.766. The molecule has 0 fully saturated rings. The number of alkyl halides is 3. The van der Waals surface area contributed by atoms with E-state index in [9.17, 15) is 18.0 Å². The molecule has 0 aliphatic rings. The van der Waals surface area contributed by atoms with E-state index in [1.807, 2.05) is 0 Å². The molecule has 1 aromatic heterocycles. The zero-order valence-corrected chi connectivity index (χ0v) is 9.96. The van der Waals surface area contributed by atoms with Gasteiger partial charge in [0.25, 0.3) is 5.91 Å². The van der Waals surface area contributed by atoms with Crippen molar-refractivity contribution >= 4 is 29.0 Å². The summed E-state index contributed by atoms with van der Waals surface area (Å²) in [6, 6.07) is -0.102. The fraction of sp³-hybridized carbons (Fsp3) is 0.571. The largest absolute Gasteiger partial charge is 0.448 e. The molecule has 0 bridgehead atoms. The molecule has 0 aliphatic carbocycles. The number of carbonyl (C=O) groups is 1. The number of hydrogen-bond donors (Lipinski definition) is 1. The number of halogens is 3. The van der Waals surface area contributed by atoms with Gasteiger partial charge < -0.3 is 5.32 Å². The van der Waals surface area contributed by atoms with E-state index in [4.69, 9.17) is 0 Å². The Balaban J connectivity index is 2.68. The van der Waals surface area contributed by atoms with Gasteiger partial charge in [0, 0.05) is 17.8 Å². The summed E-state index contributed by atoms with van der Waals surface area (Å²) < 4.78 is 35.6. The lowest BCUT2D eigenvalue weighted by molar-refractivity contribution is -0.0328. The van der Waals surface area contributed by atoms with Crippen LogP contribution in [-0.2, 0) is 0 Å². The molecule has 0 saturated carbocycles. The van der Waals surface area contributed by atoms with Gasteiger partial charge in [-0.1, -0.05) is 11.3 Å². The standard InChI is InChI=1S/C7H8F3N3OS2/c1-3(2)11-4(14)5-12-13-6(15-5)16-7(8,9)10/h3H,1-2H3,(H,11,14). The van der Waals surface area contributed by atoms with Crippen molar-refractivity contribution in [1.82, 2.24) is 15.5 Å². The first kappa shape index (κ1) is 13.2. The number of hydrogen-bond acceptors (Lipinski definition) is 5. The van der Waals surface area contributed by atoms with E-state index in [2.05, 4.69) is 15.5 Å². The number of rotatable bonds is 3. The predicted octanol–water partition coefficient (Wildman–Crippen LogP) is 2.29. The summed E-state index contributed by atoms with van der Waals surface area (Å²) in [5.41, 5.74) is -4.41. The predicted molar refractivity (Wildman–Crippen MR) is 54.4 cm³/mol. The Morgan fingerprint density at radius 2 is 2.06 bits per heavy atom. The molecule has 0 radical (unpaired) electrons. The van der Waals surface area contributed by atoms with E-state index in [0.717, 1.165) is 0 Å². The fourth-order valence-corrected chi connectivity index (χ4v) is 2.21. The first-order chi connectivity index (χ1) is 7.28. The lowest BCUT2D eigenvalue weighted by Crippen LogP contribution is -2.29. The van der Waals surface area contributed by atoms with Gasteiger partial charge in [0.1, 0.15) is 0 Å². The average Bonchev–Trinajstić information content (AvgIpc) is 2.48. The molecule has 1 amide bonds. The van der Waals surface area contributed by atoms with E-state index < -0.39 is 11.4 Å². The van der Waals surface area contributed by atoms with E-state index in [1.165, 1.54) is 0 Å². The maximum atomic E-state index is 12.0. The molecule has 1 N–H and O–H groups in total. The molecule has 0 spiro atoms. The molecule has 0 atom stereocenters. The minimum Gasteiger partial charge on any atom is -0.348 e. The normalized spacial score (nSPS) is 11.9. The van der Waals surface area contributed by atoms with E-state index in [1.54, 1.807) is 13.8 Å². The zero-order valence-electron chi connectivity index (χ0n) is 8.33.